The predicted octanol–water partition coefficient (Wildman–Crippen LogP) is 2.31. The molecule has 0 aromatic heterocycles. The van der Waals surface area contributed by atoms with Crippen LogP contribution in [0, 0.1) is 11.8 Å². The Balaban J connectivity index is 2.30. The Labute approximate surface area is 97.5 Å². The molecule has 16 heavy (non-hydrogen) atoms. The van der Waals surface area contributed by atoms with Crippen molar-refractivity contribution in [3.05, 3.63) is 0 Å². The Bertz CT molecular complexity index is 218. The van der Waals surface area contributed by atoms with Crippen molar-refractivity contribution in [2.24, 2.45) is 17.6 Å². The van der Waals surface area contributed by atoms with Crippen LogP contribution in [0.2, 0.25) is 0 Å². The van der Waals surface area contributed by atoms with Crippen molar-refractivity contribution in [3.63, 3.8) is 0 Å². The molecule has 0 aromatic rings. The fourth-order valence-electron chi connectivity index (χ4n) is 1.99. The first-order valence-electron chi connectivity index (χ1n) is 6.17. The number of rotatable bonds is 4. The second-order valence-corrected chi connectivity index (χ2v) is 4.89. The zero-order chi connectivity index (χ0) is 12.0. The summed E-state index contributed by atoms with van der Waals surface area (Å²) in [5.74, 6) is 0.643. The lowest BCUT2D eigenvalue weighted by Gasteiger charge is -2.29. The maximum absolute atomic E-state index is 11.4. The van der Waals surface area contributed by atoms with Gasteiger partial charge in [0.15, 0.2) is 0 Å². The lowest BCUT2D eigenvalue weighted by atomic mass is 9.86. The van der Waals surface area contributed by atoms with E-state index in [1.165, 1.54) is 6.42 Å². The van der Waals surface area contributed by atoms with Gasteiger partial charge in [0, 0.05) is 5.92 Å². The molecule has 0 aliphatic heterocycles. The van der Waals surface area contributed by atoms with Crippen molar-refractivity contribution >= 4 is 6.16 Å². The zero-order valence-electron chi connectivity index (χ0n) is 10.3. The normalized spacial score (nSPS) is 25.5. The molecule has 1 saturated carbocycles. The van der Waals surface area contributed by atoms with Crippen molar-refractivity contribution in [2.45, 2.75) is 45.6 Å². The number of hydrogen-bond acceptors (Lipinski definition) is 4. The van der Waals surface area contributed by atoms with Crippen LogP contribution in [0.25, 0.3) is 0 Å². The Morgan fingerprint density at radius 2 is 2.06 bits per heavy atom. The topological polar surface area (TPSA) is 61.5 Å². The van der Waals surface area contributed by atoms with Gasteiger partial charge in [0.2, 0.25) is 0 Å². The van der Waals surface area contributed by atoms with Crippen LogP contribution in [-0.2, 0) is 9.47 Å². The molecule has 1 rings (SSSR count). The second-order valence-electron chi connectivity index (χ2n) is 4.89. The Hall–Kier alpha value is -0.770. The molecule has 1 fully saturated rings. The summed E-state index contributed by atoms with van der Waals surface area (Å²) in [6.07, 6.45) is 3.68. The third kappa shape index (κ3) is 4.39. The molecule has 0 saturated heterocycles. The van der Waals surface area contributed by atoms with Crippen LogP contribution in [0.15, 0.2) is 0 Å². The van der Waals surface area contributed by atoms with Gasteiger partial charge in [0.05, 0.1) is 6.61 Å². The standard InChI is InChI=1S/C12H23NO3/c1-9(2)8-15-12(14)16-11-6-4-3-5-10(11)7-13/h9-11H,3-8,13H2,1-2H3. The van der Waals surface area contributed by atoms with E-state index >= 15 is 0 Å². The number of ether oxygens (including phenoxy) is 2. The van der Waals surface area contributed by atoms with E-state index < -0.39 is 6.16 Å². The molecule has 0 amide bonds. The third-order valence-corrected chi connectivity index (χ3v) is 2.92. The predicted molar refractivity (Wildman–Crippen MR) is 62.1 cm³/mol. The summed E-state index contributed by atoms with van der Waals surface area (Å²) in [6.45, 7) is 4.99. The lowest BCUT2D eigenvalue weighted by molar-refractivity contribution is -0.0141. The Morgan fingerprint density at radius 3 is 2.69 bits per heavy atom. The van der Waals surface area contributed by atoms with Gasteiger partial charge in [0.25, 0.3) is 0 Å². The fourth-order valence-corrected chi connectivity index (χ4v) is 1.99. The van der Waals surface area contributed by atoms with Crippen LogP contribution < -0.4 is 5.73 Å². The molecule has 1 aliphatic rings. The van der Waals surface area contributed by atoms with Gasteiger partial charge in [0.1, 0.15) is 6.10 Å². The van der Waals surface area contributed by atoms with Gasteiger partial charge in [-0.05, 0) is 31.7 Å². The first-order valence-corrected chi connectivity index (χ1v) is 6.17. The van der Waals surface area contributed by atoms with E-state index in [9.17, 15) is 4.79 Å². The van der Waals surface area contributed by atoms with Crippen molar-refractivity contribution in [3.8, 4) is 0 Å². The molecule has 4 nitrogen and oxygen atoms in total. The minimum absolute atomic E-state index is 0.0431. The van der Waals surface area contributed by atoms with Gasteiger partial charge in [-0.25, -0.2) is 4.79 Å². The van der Waals surface area contributed by atoms with Gasteiger partial charge in [-0.15, -0.1) is 0 Å². The molecule has 0 spiro atoms. The molecule has 0 heterocycles. The lowest BCUT2D eigenvalue weighted by Crippen LogP contribution is -2.35. The summed E-state index contributed by atoms with van der Waals surface area (Å²) >= 11 is 0. The smallest absolute Gasteiger partial charge is 0.434 e. The summed E-state index contributed by atoms with van der Waals surface area (Å²) in [7, 11) is 0. The molecule has 2 unspecified atom stereocenters. The minimum atomic E-state index is -0.543. The molecule has 0 aromatic carbocycles. The van der Waals surface area contributed by atoms with E-state index in [2.05, 4.69) is 0 Å². The number of carbonyl (C=O) groups excluding carboxylic acids is 1. The van der Waals surface area contributed by atoms with Gasteiger partial charge in [-0.2, -0.15) is 0 Å². The van der Waals surface area contributed by atoms with Crippen LogP contribution >= 0.6 is 0 Å². The van der Waals surface area contributed by atoms with Crippen LogP contribution in [0.5, 0.6) is 0 Å². The van der Waals surface area contributed by atoms with E-state index in [-0.39, 0.29) is 6.10 Å². The van der Waals surface area contributed by atoms with Crippen LogP contribution in [0.3, 0.4) is 0 Å². The third-order valence-electron chi connectivity index (χ3n) is 2.92. The van der Waals surface area contributed by atoms with Gasteiger partial charge >= 0.3 is 6.16 Å². The van der Waals surface area contributed by atoms with Crippen molar-refractivity contribution in [2.75, 3.05) is 13.2 Å². The first-order chi connectivity index (χ1) is 7.63. The maximum Gasteiger partial charge on any atom is 0.508 e. The van der Waals surface area contributed by atoms with Crippen molar-refractivity contribution in [1.82, 2.24) is 0 Å². The van der Waals surface area contributed by atoms with E-state index in [0.29, 0.717) is 25.0 Å². The number of hydrogen-bond donors (Lipinski definition) is 1. The Morgan fingerprint density at radius 1 is 1.38 bits per heavy atom. The monoisotopic (exact) mass is 229 g/mol. The highest BCUT2D eigenvalue weighted by Crippen LogP contribution is 2.26. The average Bonchev–Trinajstić information content (AvgIpc) is 2.27. The highest BCUT2D eigenvalue weighted by molar-refractivity contribution is 5.60. The fraction of sp³-hybridized carbons (Fsp3) is 0.917. The van der Waals surface area contributed by atoms with Gasteiger partial charge < -0.3 is 15.2 Å². The average molecular weight is 229 g/mol. The molecular weight excluding hydrogens is 206 g/mol. The summed E-state index contributed by atoms with van der Waals surface area (Å²) in [6, 6.07) is 0. The molecule has 2 N–H and O–H groups in total. The molecule has 1 aliphatic carbocycles. The van der Waals surface area contributed by atoms with Crippen LogP contribution in [0.1, 0.15) is 39.5 Å². The molecule has 4 heteroatoms. The number of carbonyl (C=O) groups is 1. The van der Waals surface area contributed by atoms with E-state index in [0.717, 1.165) is 19.3 Å². The highest BCUT2D eigenvalue weighted by Gasteiger charge is 2.27. The summed E-state index contributed by atoms with van der Waals surface area (Å²) in [4.78, 5) is 11.4. The SMILES string of the molecule is CC(C)COC(=O)OC1CCCCC1CN. The summed E-state index contributed by atoms with van der Waals surface area (Å²) < 4.78 is 10.3. The highest BCUT2D eigenvalue weighted by atomic mass is 16.7. The zero-order valence-corrected chi connectivity index (χ0v) is 10.3. The van der Waals surface area contributed by atoms with E-state index in [1.807, 2.05) is 13.8 Å². The van der Waals surface area contributed by atoms with Gasteiger partial charge in [-0.1, -0.05) is 20.3 Å². The van der Waals surface area contributed by atoms with Crippen LogP contribution in [0.4, 0.5) is 4.79 Å². The summed E-state index contributed by atoms with van der Waals surface area (Å²) in [5.41, 5.74) is 5.66. The molecule has 2 atom stereocenters. The molecule has 0 radical (unpaired) electrons. The maximum atomic E-state index is 11.4. The molecule has 94 valence electrons. The summed E-state index contributed by atoms with van der Waals surface area (Å²) in [5, 5.41) is 0. The van der Waals surface area contributed by atoms with E-state index in [4.69, 9.17) is 15.2 Å². The minimum Gasteiger partial charge on any atom is -0.434 e. The van der Waals surface area contributed by atoms with Crippen molar-refractivity contribution < 1.29 is 14.3 Å². The number of nitrogens with two attached hydrogens (primary N) is 1. The first kappa shape index (κ1) is 13.3. The Kier molecular flexibility index (Phi) is 5.60. The van der Waals surface area contributed by atoms with E-state index in [1.54, 1.807) is 0 Å². The van der Waals surface area contributed by atoms with Gasteiger partial charge in [-0.3, -0.25) is 0 Å². The second kappa shape index (κ2) is 6.74. The van der Waals surface area contributed by atoms with Crippen LogP contribution in [-0.4, -0.2) is 25.4 Å². The quantitative estimate of drug-likeness (QED) is 0.751. The largest absolute Gasteiger partial charge is 0.508 e. The molecular formula is C12H23NO3. The molecule has 0 bridgehead atoms. The van der Waals surface area contributed by atoms with Crippen molar-refractivity contribution in [1.29, 1.82) is 0 Å².